The van der Waals surface area contributed by atoms with Gasteiger partial charge in [-0.15, -0.1) is 0 Å². The molecule has 0 atom stereocenters. The van der Waals surface area contributed by atoms with Gasteiger partial charge in [-0.05, 0) is 0 Å². The lowest BCUT2D eigenvalue weighted by atomic mass is 10.6. The van der Waals surface area contributed by atoms with Gasteiger partial charge in [-0.2, -0.15) is 5.10 Å². The Kier molecular flexibility index (Phi) is 1.13. The summed E-state index contributed by atoms with van der Waals surface area (Å²) in [5.41, 5.74) is 5.85. The molecule has 2 N–H and O–H groups in total. The topological polar surface area (TPSA) is 43.8 Å². The summed E-state index contributed by atoms with van der Waals surface area (Å²) in [4.78, 5) is 0. The fourth-order valence-electron chi connectivity index (χ4n) is 0.480. The van der Waals surface area contributed by atoms with Gasteiger partial charge < -0.3 is 5.73 Å². The van der Waals surface area contributed by atoms with E-state index in [0.29, 0.717) is 10.8 Å². The third-order valence-corrected chi connectivity index (χ3v) is 1.10. The van der Waals surface area contributed by atoms with E-state index in [2.05, 4.69) is 5.10 Å². The van der Waals surface area contributed by atoms with Crippen molar-refractivity contribution in [2.75, 3.05) is 5.73 Å². The van der Waals surface area contributed by atoms with Gasteiger partial charge in [-0.1, -0.05) is 11.6 Å². The Morgan fingerprint density at radius 2 is 2.50 bits per heavy atom. The Morgan fingerprint density at radius 3 is 2.62 bits per heavy atom. The molecule has 4 heteroatoms. The minimum Gasteiger partial charge on any atom is -0.395 e. The molecular formula is C4H6ClN3. The Balaban J connectivity index is 3.14. The highest BCUT2D eigenvalue weighted by Crippen LogP contribution is 2.12. The van der Waals surface area contributed by atoms with E-state index < -0.39 is 0 Å². The molecule has 1 aromatic heterocycles. The van der Waals surface area contributed by atoms with E-state index in [1.807, 2.05) is 0 Å². The number of aromatic nitrogens is 2. The van der Waals surface area contributed by atoms with Gasteiger partial charge in [0.2, 0.25) is 0 Å². The average Bonchev–Trinajstić information content (AvgIpc) is 1.85. The second-order valence-corrected chi connectivity index (χ2v) is 1.91. The molecule has 1 heterocycles. The molecular weight excluding hydrogens is 126 g/mol. The molecule has 0 aliphatic rings. The maximum absolute atomic E-state index is 5.47. The number of hydrogen-bond acceptors (Lipinski definition) is 2. The molecule has 1 rings (SSSR count). The zero-order valence-electron chi connectivity index (χ0n) is 4.43. The first kappa shape index (κ1) is 5.44. The molecule has 0 saturated heterocycles. The number of hydrogen-bond donors (Lipinski definition) is 1. The van der Waals surface area contributed by atoms with Gasteiger partial charge in [0.25, 0.3) is 0 Å². The third kappa shape index (κ3) is 0.767. The van der Waals surface area contributed by atoms with Crippen LogP contribution < -0.4 is 5.73 Å². The molecule has 0 bridgehead atoms. The second kappa shape index (κ2) is 1.67. The van der Waals surface area contributed by atoms with E-state index in [4.69, 9.17) is 17.3 Å². The molecule has 0 aliphatic carbocycles. The van der Waals surface area contributed by atoms with Crippen molar-refractivity contribution in [2.45, 2.75) is 0 Å². The second-order valence-electron chi connectivity index (χ2n) is 1.55. The predicted molar refractivity (Wildman–Crippen MR) is 32.6 cm³/mol. The zero-order valence-corrected chi connectivity index (χ0v) is 5.18. The number of nitrogens with zero attached hydrogens (tertiary/aromatic N) is 2. The van der Waals surface area contributed by atoms with Crippen molar-refractivity contribution in [3.63, 3.8) is 0 Å². The lowest BCUT2D eigenvalue weighted by Gasteiger charge is -1.78. The maximum Gasteiger partial charge on any atom is 0.173 e. The van der Waals surface area contributed by atoms with Crippen molar-refractivity contribution in [3.05, 3.63) is 11.3 Å². The van der Waals surface area contributed by atoms with Crippen molar-refractivity contribution >= 4 is 17.3 Å². The normalized spacial score (nSPS) is 9.75. The SMILES string of the molecule is Cn1cc(N)c(Cl)n1. The van der Waals surface area contributed by atoms with E-state index >= 15 is 0 Å². The number of anilines is 1. The zero-order chi connectivity index (χ0) is 6.15. The fraction of sp³-hybridized carbons (Fsp3) is 0.250. The number of halogens is 1. The first-order chi connectivity index (χ1) is 3.70. The largest absolute Gasteiger partial charge is 0.395 e. The van der Waals surface area contributed by atoms with E-state index in [1.54, 1.807) is 17.9 Å². The molecule has 0 unspecified atom stereocenters. The van der Waals surface area contributed by atoms with Crippen molar-refractivity contribution in [3.8, 4) is 0 Å². The Hall–Kier alpha value is -0.700. The van der Waals surface area contributed by atoms with Crippen LogP contribution in [0, 0.1) is 0 Å². The highest BCUT2D eigenvalue weighted by Gasteiger charge is 1.96. The lowest BCUT2D eigenvalue weighted by Crippen LogP contribution is -1.84. The molecule has 44 valence electrons. The van der Waals surface area contributed by atoms with Crippen LogP contribution in [0.5, 0.6) is 0 Å². The smallest absolute Gasteiger partial charge is 0.173 e. The van der Waals surface area contributed by atoms with Crippen LogP contribution in [-0.4, -0.2) is 9.78 Å². The van der Waals surface area contributed by atoms with Gasteiger partial charge in [-0.3, -0.25) is 4.68 Å². The molecule has 1 aromatic rings. The summed E-state index contributed by atoms with van der Waals surface area (Å²) in [6.07, 6.45) is 1.66. The van der Waals surface area contributed by atoms with E-state index in [1.165, 1.54) is 0 Å². The Bertz CT molecular complexity index is 174. The monoisotopic (exact) mass is 131 g/mol. The molecule has 0 radical (unpaired) electrons. The van der Waals surface area contributed by atoms with Gasteiger partial charge in [0.05, 0.1) is 5.69 Å². The molecule has 0 spiro atoms. The number of nitrogens with two attached hydrogens (primary N) is 1. The molecule has 0 aliphatic heterocycles. The summed E-state index contributed by atoms with van der Waals surface area (Å²) in [5.74, 6) is 0. The summed E-state index contributed by atoms with van der Waals surface area (Å²) in [6, 6.07) is 0. The molecule has 0 aromatic carbocycles. The van der Waals surface area contributed by atoms with Gasteiger partial charge >= 0.3 is 0 Å². The summed E-state index contributed by atoms with van der Waals surface area (Å²) in [6.45, 7) is 0. The summed E-state index contributed by atoms with van der Waals surface area (Å²) < 4.78 is 1.57. The first-order valence-corrected chi connectivity index (χ1v) is 2.52. The van der Waals surface area contributed by atoms with Crippen LogP contribution in [0.4, 0.5) is 5.69 Å². The van der Waals surface area contributed by atoms with Gasteiger partial charge in [0, 0.05) is 13.2 Å². The van der Waals surface area contributed by atoms with Crippen LogP contribution in [0.25, 0.3) is 0 Å². The molecule has 0 amide bonds. The Morgan fingerprint density at radius 1 is 1.88 bits per heavy atom. The van der Waals surface area contributed by atoms with E-state index in [0.717, 1.165) is 0 Å². The van der Waals surface area contributed by atoms with Crippen molar-refractivity contribution in [1.82, 2.24) is 9.78 Å². The van der Waals surface area contributed by atoms with Crippen molar-refractivity contribution in [1.29, 1.82) is 0 Å². The van der Waals surface area contributed by atoms with Gasteiger partial charge in [0.1, 0.15) is 0 Å². The van der Waals surface area contributed by atoms with Crippen LogP contribution in [0.3, 0.4) is 0 Å². The average molecular weight is 132 g/mol. The molecule has 8 heavy (non-hydrogen) atoms. The standard InChI is InChI=1S/C4H6ClN3/c1-8-2-3(6)4(5)7-8/h2H,6H2,1H3. The minimum absolute atomic E-state index is 0.368. The van der Waals surface area contributed by atoms with Crippen LogP contribution in [0.1, 0.15) is 0 Å². The Labute approximate surface area is 52.0 Å². The first-order valence-electron chi connectivity index (χ1n) is 2.15. The van der Waals surface area contributed by atoms with Crippen molar-refractivity contribution < 1.29 is 0 Å². The van der Waals surface area contributed by atoms with Gasteiger partial charge in [-0.25, -0.2) is 0 Å². The summed E-state index contributed by atoms with van der Waals surface area (Å²) in [5, 5.41) is 4.14. The fourth-order valence-corrected chi connectivity index (χ4v) is 0.648. The molecule has 3 nitrogen and oxygen atoms in total. The predicted octanol–water partition coefficient (Wildman–Crippen LogP) is 0.656. The molecule has 0 saturated carbocycles. The van der Waals surface area contributed by atoms with Crippen LogP contribution in [0.15, 0.2) is 6.20 Å². The van der Waals surface area contributed by atoms with Crippen LogP contribution in [-0.2, 0) is 7.05 Å². The highest BCUT2D eigenvalue weighted by molar-refractivity contribution is 6.31. The highest BCUT2D eigenvalue weighted by atomic mass is 35.5. The van der Waals surface area contributed by atoms with E-state index in [9.17, 15) is 0 Å². The van der Waals surface area contributed by atoms with Crippen LogP contribution >= 0.6 is 11.6 Å². The third-order valence-electron chi connectivity index (χ3n) is 0.810. The van der Waals surface area contributed by atoms with Crippen molar-refractivity contribution in [2.24, 2.45) is 7.05 Å². The quantitative estimate of drug-likeness (QED) is 0.562. The number of rotatable bonds is 0. The van der Waals surface area contributed by atoms with Gasteiger partial charge in [0.15, 0.2) is 5.15 Å². The summed E-state index contributed by atoms with van der Waals surface area (Å²) in [7, 11) is 1.77. The van der Waals surface area contributed by atoms with Crippen LogP contribution in [0.2, 0.25) is 5.15 Å². The van der Waals surface area contributed by atoms with E-state index in [-0.39, 0.29) is 0 Å². The molecule has 0 fully saturated rings. The minimum atomic E-state index is 0.368. The number of aryl methyl sites for hydroxylation is 1. The maximum atomic E-state index is 5.47. The summed E-state index contributed by atoms with van der Waals surface area (Å²) >= 11 is 5.47. The number of nitrogen functional groups attached to an aromatic ring is 1. The lowest BCUT2D eigenvalue weighted by molar-refractivity contribution is 0.768.